The van der Waals surface area contributed by atoms with Crippen LogP contribution in [0.15, 0.2) is 30.3 Å². The lowest BCUT2D eigenvalue weighted by Crippen LogP contribution is -2.45. The molecule has 1 unspecified atom stereocenters. The van der Waals surface area contributed by atoms with Gasteiger partial charge in [-0.1, -0.05) is 24.1 Å². The summed E-state index contributed by atoms with van der Waals surface area (Å²) in [6.07, 6.45) is -0.180. The second-order valence-corrected chi connectivity index (χ2v) is 4.64. The molecule has 1 aromatic carbocycles. The van der Waals surface area contributed by atoms with E-state index in [0.717, 1.165) is 5.56 Å². The predicted octanol–water partition coefficient (Wildman–Crippen LogP) is 0.829. The molecule has 1 saturated heterocycles. The van der Waals surface area contributed by atoms with Crippen molar-refractivity contribution in [3.05, 3.63) is 35.9 Å². The van der Waals surface area contributed by atoms with Crippen LogP contribution in [-0.2, 0) is 19.1 Å². The number of morpholine rings is 1. The maximum atomic E-state index is 12.1. The Bertz CT molecular complexity index is 559. The van der Waals surface area contributed by atoms with E-state index < -0.39 is 0 Å². The normalized spacial score (nSPS) is 17.6. The van der Waals surface area contributed by atoms with Crippen molar-refractivity contribution in [2.45, 2.75) is 12.5 Å². The average molecular weight is 287 g/mol. The molecule has 1 atom stereocenters. The van der Waals surface area contributed by atoms with E-state index in [1.54, 1.807) is 4.90 Å². The molecule has 0 radical (unpaired) electrons. The molecule has 0 aromatic heterocycles. The number of carbonyl (C=O) groups is 2. The number of esters is 1. The van der Waals surface area contributed by atoms with Gasteiger partial charge in [-0.15, -0.1) is 0 Å². The monoisotopic (exact) mass is 287 g/mol. The number of hydrogen-bond donors (Lipinski definition) is 0. The molecule has 5 nitrogen and oxygen atoms in total. The van der Waals surface area contributed by atoms with E-state index in [1.165, 1.54) is 7.11 Å². The minimum atomic E-state index is -0.343. The van der Waals surface area contributed by atoms with Crippen molar-refractivity contribution in [1.82, 2.24) is 4.90 Å². The molecular formula is C16H17NO4. The number of benzene rings is 1. The van der Waals surface area contributed by atoms with Crippen molar-refractivity contribution in [2.24, 2.45) is 0 Å². The number of carbonyl (C=O) groups excluding carboxylic acids is 2. The van der Waals surface area contributed by atoms with E-state index in [-0.39, 0.29) is 24.4 Å². The second kappa shape index (κ2) is 7.46. The molecule has 110 valence electrons. The maximum Gasteiger partial charge on any atom is 0.308 e. The summed E-state index contributed by atoms with van der Waals surface area (Å²) < 4.78 is 10.1. The summed E-state index contributed by atoms with van der Waals surface area (Å²) in [5.41, 5.74) is 0.797. The smallest absolute Gasteiger partial charge is 0.308 e. The first-order valence-corrected chi connectivity index (χ1v) is 6.73. The zero-order chi connectivity index (χ0) is 15.1. The van der Waals surface area contributed by atoms with Crippen LogP contribution < -0.4 is 0 Å². The summed E-state index contributed by atoms with van der Waals surface area (Å²) in [6.45, 7) is 1.25. The molecule has 0 bridgehead atoms. The first kappa shape index (κ1) is 15.1. The SMILES string of the molecule is COC(=O)CC1CN(C(=O)C#Cc2ccccc2)CCO1. The Morgan fingerprint density at radius 1 is 1.38 bits per heavy atom. The zero-order valence-electron chi connectivity index (χ0n) is 11.9. The van der Waals surface area contributed by atoms with Crippen LogP contribution in [0.25, 0.3) is 0 Å². The number of ether oxygens (including phenoxy) is 2. The molecule has 0 saturated carbocycles. The summed E-state index contributed by atoms with van der Waals surface area (Å²) in [4.78, 5) is 24.9. The largest absolute Gasteiger partial charge is 0.469 e. The highest BCUT2D eigenvalue weighted by atomic mass is 16.5. The number of hydrogen-bond acceptors (Lipinski definition) is 4. The highest BCUT2D eigenvalue weighted by Crippen LogP contribution is 2.09. The quantitative estimate of drug-likeness (QED) is 0.597. The van der Waals surface area contributed by atoms with Gasteiger partial charge in [0.05, 0.1) is 26.2 Å². The van der Waals surface area contributed by atoms with E-state index in [0.29, 0.717) is 19.7 Å². The van der Waals surface area contributed by atoms with Crippen LogP contribution in [0.2, 0.25) is 0 Å². The van der Waals surface area contributed by atoms with Crippen LogP contribution in [0.5, 0.6) is 0 Å². The molecule has 1 fully saturated rings. The topological polar surface area (TPSA) is 55.8 Å². The standard InChI is InChI=1S/C16H17NO4/c1-20-16(19)11-14-12-17(9-10-21-14)15(18)8-7-13-5-3-2-4-6-13/h2-6,14H,9-12H2,1H3. The van der Waals surface area contributed by atoms with Crippen molar-refractivity contribution in [3.63, 3.8) is 0 Å². The molecule has 0 N–H and O–H groups in total. The summed E-state index contributed by atoms with van der Waals surface area (Å²) in [5, 5.41) is 0. The third-order valence-electron chi connectivity index (χ3n) is 3.14. The van der Waals surface area contributed by atoms with Crippen molar-refractivity contribution in [1.29, 1.82) is 0 Å². The summed E-state index contributed by atoms with van der Waals surface area (Å²) >= 11 is 0. The van der Waals surface area contributed by atoms with E-state index in [9.17, 15) is 9.59 Å². The van der Waals surface area contributed by atoms with Crippen LogP contribution >= 0.6 is 0 Å². The Morgan fingerprint density at radius 2 is 2.14 bits per heavy atom. The van der Waals surface area contributed by atoms with Crippen molar-refractivity contribution in [2.75, 3.05) is 26.8 Å². The minimum absolute atomic E-state index is 0.145. The molecule has 1 aliphatic rings. The molecule has 0 spiro atoms. The fourth-order valence-electron chi connectivity index (χ4n) is 2.02. The zero-order valence-corrected chi connectivity index (χ0v) is 11.9. The van der Waals surface area contributed by atoms with Gasteiger partial charge in [-0.2, -0.15) is 0 Å². The van der Waals surface area contributed by atoms with Crippen LogP contribution in [-0.4, -0.2) is 49.7 Å². The van der Waals surface area contributed by atoms with Gasteiger partial charge in [0.2, 0.25) is 0 Å². The molecule has 1 heterocycles. The van der Waals surface area contributed by atoms with E-state index in [2.05, 4.69) is 16.6 Å². The summed E-state index contributed by atoms with van der Waals surface area (Å²) in [5.74, 6) is 4.86. The Morgan fingerprint density at radius 3 is 2.86 bits per heavy atom. The van der Waals surface area contributed by atoms with E-state index in [4.69, 9.17) is 4.74 Å². The average Bonchev–Trinajstić information content (AvgIpc) is 2.53. The third-order valence-corrected chi connectivity index (χ3v) is 3.14. The van der Waals surface area contributed by atoms with E-state index >= 15 is 0 Å². The Labute approximate surface area is 123 Å². The lowest BCUT2D eigenvalue weighted by molar-refractivity contribution is -0.148. The van der Waals surface area contributed by atoms with Gasteiger partial charge in [0, 0.05) is 24.6 Å². The molecule has 1 amide bonds. The second-order valence-electron chi connectivity index (χ2n) is 4.64. The Kier molecular flexibility index (Phi) is 5.35. The molecule has 5 heteroatoms. The lowest BCUT2D eigenvalue weighted by Gasteiger charge is -2.31. The van der Waals surface area contributed by atoms with Crippen molar-refractivity contribution in [3.8, 4) is 11.8 Å². The van der Waals surface area contributed by atoms with Gasteiger partial charge in [-0.05, 0) is 12.1 Å². The molecule has 1 aromatic rings. The van der Waals surface area contributed by atoms with Gasteiger partial charge in [0.25, 0.3) is 5.91 Å². The summed E-state index contributed by atoms with van der Waals surface area (Å²) in [7, 11) is 1.33. The van der Waals surface area contributed by atoms with Gasteiger partial charge in [0.1, 0.15) is 0 Å². The predicted molar refractivity (Wildman–Crippen MR) is 76.3 cm³/mol. The highest BCUT2D eigenvalue weighted by Gasteiger charge is 2.25. The van der Waals surface area contributed by atoms with Gasteiger partial charge in [-0.25, -0.2) is 0 Å². The van der Waals surface area contributed by atoms with Crippen LogP contribution in [0.1, 0.15) is 12.0 Å². The molecule has 2 rings (SSSR count). The Hall–Kier alpha value is -2.32. The van der Waals surface area contributed by atoms with Gasteiger partial charge in [-0.3, -0.25) is 9.59 Å². The van der Waals surface area contributed by atoms with Crippen LogP contribution in [0.3, 0.4) is 0 Å². The molecule has 1 aliphatic heterocycles. The third kappa shape index (κ3) is 4.62. The number of methoxy groups -OCH3 is 1. The minimum Gasteiger partial charge on any atom is -0.469 e. The van der Waals surface area contributed by atoms with Gasteiger partial charge in [0.15, 0.2) is 0 Å². The maximum absolute atomic E-state index is 12.1. The fraction of sp³-hybridized carbons (Fsp3) is 0.375. The highest BCUT2D eigenvalue weighted by molar-refractivity contribution is 5.94. The van der Waals surface area contributed by atoms with Crippen LogP contribution in [0.4, 0.5) is 0 Å². The molecule has 21 heavy (non-hydrogen) atoms. The molecule has 0 aliphatic carbocycles. The number of amides is 1. The number of rotatable bonds is 2. The fourth-order valence-corrected chi connectivity index (χ4v) is 2.02. The number of nitrogens with zero attached hydrogens (tertiary/aromatic N) is 1. The first-order chi connectivity index (χ1) is 10.2. The van der Waals surface area contributed by atoms with E-state index in [1.807, 2.05) is 30.3 Å². The first-order valence-electron chi connectivity index (χ1n) is 6.73. The Balaban J connectivity index is 1.93. The lowest BCUT2D eigenvalue weighted by atomic mass is 10.2. The van der Waals surface area contributed by atoms with Crippen LogP contribution in [0, 0.1) is 11.8 Å². The van der Waals surface area contributed by atoms with Crippen molar-refractivity contribution < 1.29 is 19.1 Å². The summed E-state index contributed by atoms with van der Waals surface area (Å²) in [6, 6.07) is 9.33. The molecular weight excluding hydrogens is 270 g/mol. The van der Waals surface area contributed by atoms with Gasteiger partial charge < -0.3 is 14.4 Å². The van der Waals surface area contributed by atoms with Crippen molar-refractivity contribution >= 4 is 11.9 Å². The van der Waals surface area contributed by atoms with Gasteiger partial charge >= 0.3 is 5.97 Å².